The minimum absolute atomic E-state index is 0.0899. The highest BCUT2D eigenvalue weighted by molar-refractivity contribution is 5.95. The van der Waals surface area contributed by atoms with Crippen LogP contribution >= 0.6 is 0 Å². The Bertz CT molecular complexity index is 343. The van der Waals surface area contributed by atoms with Gasteiger partial charge in [0, 0.05) is 18.3 Å². The van der Waals surface area contributed by atoms with Crippen molar-refractivity contribution in [1.82, 2.24) is 4.98 Å². The third-order valence-electron chi connectivity index (χ3n) is 1.70. The molecule has 4 heteroatoms. The standard InChI is InChI=1S/C10H11NO3/c1-7-2-3-8(11-6-7)4-9(12)5-10(13)14/h2-3,6H,4-5H2,1H3,(H,13,14). The summed E-state index contributed by atoms with van der Waals surface area (Å²) in [6.45, 7) is 1.90. The molecule has 0 spiro atoms. The van der Waals surface area contributed by atoms with Gasteiger partial charge in [-0.3, -0.25) is 14.6 Å². The third-order valence-corrected chi connectivity index (χ3v) is 1.70. The van der Waals surface area contributed by atoms with Crippen LogP contribution in [0.25, 0.3) is 0 Å². The van der Waals surface area contributed by atoms with Crippen LogP contribution < -0.4 is 0 Å². The van der Waals surface area contributed by atoms with Crippen molar-refractivity contribution >= 4 is 11.8 Å². The largest absolute Gasteiger partial charge is 0.481 e. The van der Waals surface area contributed by atoms with Gasteiger partial charge in [0.1, 0.15) is 12.2 Å². The molecule has 1 rings (SSSR count). The van der Waals surface area contributed by atoms with E-state index in [4.69, 9.17) is 5.11 Å². The summed E-state index contributed by atoms with van der Waals surface area (Å²) >= 11 is 0. The second kappa shape index (κ2) is 4.50. The van der Waals surface area contributed by atoms with Crippen molar-refractivity contribution in [2.75, 3.05) is 0 Å². The van der Waals surface area contributed by atoms with Crippen molar-refractivity contribution in [1.29, 1.82) is 0 Å². The van der Waals surface area contributed by atoms with E-state index in [-0.39, 0.29) is 12.2 Å². The van der Waals surface area contributed by atoms with Gasteiger partial charge < -0.3 is 5.11 Å². The van der Waals surface area contributed by atoms with Gasteiger partial charge in [-0.15, -0.1) is 0 Å². The number of aliphatic carboxylic acids is 1. The number of pyridine rings is 1. The van der Waals surface area contributed by atoms with E-state index < -0.39 is 12.4 Å². The molecule has 14 heavy (non-hydrogen) atoms. The molecule has 0 aliphatic rings. The smallest absolute Gasteiger partial charge is 0.310 e. The molecule has 4 nitrogen and oxygen atoms in total. The Hall–Kier alpha value is -1.71. The average molecular weight is 193 g/mol. The van der Waals surface area contributed by atoms with Gasteiger partial charge >= 0.3 is 5.97 Å². The van der Waals surface area contributed by atoms with Crippen molar-refractivity contribution in [3.63, 3.8) is 0 Å². The number of aromatic nitrogens is 1. The molecule has 0 aliphatic heterocycles. The molecule has 0 radical (unpaired) electrons. The van der Waals surface area contributed by atoms with Crippen LogP contribution in [0.15, 0.2) is 18.3 Å². The number of carbonyl (C=O) groups is 2. The number of carboxylic acids is 1. The van der Waals surface area contributed by atoms with Crippen LogP contribution in [0, 0.1) is 6.92 Å². The van der Waals surface area contributed by atoms with Gasteiger partial charge in [0.2, 0.25) is 0 Å². The first-order valence-electron chi connectivity index (χ1n) is 4.23. The molecule has 1 aromatic rings. The molecule has 0 bridgehead atoms. The second-order valence-electron chi connectivity index (χ2n) is 3.11. The number of carboxylic acid groups (broad SMARTS) is 1. The molecule has 0 aliphatic carbocycles. The monoisotopic (exact) mass is 193 g/mol. The Balaban J connectivity index is 2.56. The first kappa shape index (κ1) is 10.4. The van der Waals surface area contributed by atoms with Gasteiger partial charge in [0.15, 0.2) is 0 Å². The first-order valence-corrected chi connectivity index (χ1v) is 4.23. The Morgan fingerprint density at radius 1 is 1.43 bits per heavy atom. The minimum Gasteiger partial charge on any atom is -0.481 e. The van der Waals surface area contributed by atoms with Crippen LogP contribution in [0.5, 0.6) is 0 Å². The van der Waals surface area contributed by atoms with E-state index in [0.29, 0.717) is 5.69 Å². The molecule has 1 N–H and O–H groups in total. The lowest BCUT2D eigenvalue weighted by Crippen LogP contribution is -2.10. The maximum Gasteiger partial charge on any atom is 0.310 e. The molecular weight excluding hydrogens is 182 g/mol. The summed E-state index contributed by atoms with van der Waals surface area (Å²) in [5.74, 6) is -1.42. The van der Waals surface area contributed by atoms with Crippen molar-refractivity contribution in [2.45, 2.75) is 19.8 Å². The molecular formula is C10H11NO3. The summed E-state index contributed by atoms with van der Waals surface area (Å²) in [4.78, 5) is 25.3. The fraction of sp³-hybridized carbons (Fsp3) is 0.300. The Labute approximate surface area is 81.6 Å². The Morgan fingerprint density at radius 2 is 2.14 bits per heavy atom. The van der Waals surface area contributed by atoms with Gasteiger partial charge in [-0.25, -0.2) is 0 Å². The number of aryl methyl sites for hydroxylation is 1. The topological polar surface area (TPSA) is 67.3 Å². The van der Waals surface area contributed by atoms with Crippen molar-refractivity contribution in [3.05, 3.63) is 29.6 Å². The zero-order chi connectivity index (χ0) is 10.6. The van der Waals surface area contributed by atoms with Gasteiger partial charge in [-0.1, -0.05) is 6.07 Å². The van der Waals surface area contributed by atoms with Crippen LogP contribution in [0.1, 0.15) is 17.7 Å². The fourth-order valence-corrected chi connectivity index (χ4v) is 1.04. The summed E-state index contributed by atoms with van der Waals surface area (Å²) in [6.07, 6.45) is 1.31. The van der Waals surface area contributed by atoms with Crippen LogP contribution in [0.2, 0.25) is 0 Å². The lowest BCUT2D eigenvalue weighted by molar-refractivity contribution is -0.140. The summed E-state index contributed by atoms with van der Waals surface area (Å²) in [6, 6.07) is 3.57. The zero-order valence-corrected chi connectivity index (χ0v) is 7.86. The van der Waals surface area contributed by atoms with E-state index in [1.54, 1.807) is 12.3 Å². The van der Waals surface area contributed by atoms with Crippen LogP contribution in [0.4, 0.5) is 0 Å². The van der Waals surface area contributed by atoms with Crippen LogP contribution in [0.3, 0.4) is 0 Å². The average Bonchev–Trinajstić information content (AvgIpc) is 2.07. The molecule has 0 amide bonds. The van der Waals surface area contributed by atoms with Gasteiger partial charge in [-0.2, -0.15) is 0 Å². The number of Topliss-reactive ketones (excluding diaryl/α,β-unsaturated/α-hetero) is 1. The zero-order valence-electron chi connectivity index (χ0n) is 7.86. The number of nitrogens with zero attached hydrogens (tertiary/aromatic N) is 1. The summed E-state index contributed by atoms with van der Waals surface area (Å²) in [5, 5.41) is 8.36. The van der Waals surface area contributed by atoms with E-state index in [1.165, 1.54) is 0 Å². The highest BCUT2D eigenvalue weighted by Gasteiger charge is 2.08. The minimum atomic E-state index is -1.10. The third kappa shape index (κ3) is 3.35. The van der Waals surface area contributed by atoms with E-state index in [9.17, 15) is 9.59 Å². The van der Waals surface area contributed by atoms with Crippen molar-refractivity contribution in [2.24, 2.45) is 0 Å². The van der Waals surface area contributed by atoms with Gasteiger partial charge in [0.05, 0.1) is 0 Å². The molecule has 0 atom stereocenters. The van der Waals surface area contributed by atoms with E-state index in [2.05, 4.69) is 4.98 Å². The summed E-state index contributed by atoms with van der Waals surface area (Å²) in [7, 11) is 0. The number of hydrogen-bond acceptors (Lipinski definition) is 3. The van der Waals surface area contributed by atoms with E-state index in [0.717, 1.165) is 5.56 Å². The van der Waals surface area contributed by atoms with Crippen LogP contribution in [-0.2, 0) is 16.0 Å². The fourth-order valence-electron chi connectivity index (χ4n) is 1.04. The summed E-state index contributed by atoms with van der Waals surface area (Å²) < 4.78 is 0. The maximum atomic E-state index is 11.1. The number of ketones is 1. The lowest BCUT2D eigenvalue weighted by Gasteiger charge is -1.98. The normalized spacial score (nSPS) is 9.79. The predicted octanol–water partition coefficient (Wildman–Crippen LogP) is 0.976. The summed E-state index contributed by atoms with van der Waals surface area (Å²) in [5.41, 5.74) is 1.63. The number of rotatable bonds is 4. The quantitative estimate of drug-likeness (QED) is 0.723. The highest BCUT2D eigenvalue weighted by atomic mass is 16.4. The molecule has 74 valence electrons. The number of hydrogen-bond donors (Lipinski definition) is 1. The number of carbonyl (C=O) groups excluding carboxylic acids is 1. The van der Waals surface area contributed by atoms with Crippen molar-refractivity contribution in [3.8, 4) is 0 Å². The van der Waals surface area contributed by atoms with E-state index >= 15 is 0 Å². The lowest BCUT2D eigenvalue weighted by atomic mass is 10.1. The molecule has 0 unspecified atom stereocenters. The molecule has 0 saturated heterocycles. The van der Waals surface area contributed by atoms with Crippen LogP contribution in [-0.4, -0.2) is 21.8 Å². The predicted molar refractivity (Wildman–Crippen MR) is 49.9 cm³/mol. The van der Waals surface area contributed by atoms with Gasteiger partial charge in [0.25, 0.3) is 0 Å². The Morgan fingerprint density at radius 3 is 2.64 bits per heavy atom. The SMILES string of the molecule is Cc1ccc(CC(=O)CC(=O)O)nc1. The van der Waals surface area contributed by atoms with Gasteiger partial charge in [-0.05, 0) is 18.6 Å². The van der Waals surface area contributed by atoms with Crippen molar-refractivity contribution < 1.29 is 14.7 Å². The molecule has 1 heterocycles. The Kier molecular flexibility index (Phi) is 3.34. The molecule has 1 aromatic heterocycles. The highest BCUT2D eigenvalue weighted by Crippen LogP contribution is 2.01. The molecule has 0 saturated carbocycles. The maximum absolute atomic E-state index is 11.1. The molecule has 0 fully saturated rings. The second-order valence-corrected chi connectivity index (χ2v) is 3.11. The molecule has 0 aromatic carbocycles. The van der Waals surface area contributed by atoms with E-state index in [1.807, 2.05) is 13.0 Å². The first-order chi connectivity index (χ1) is 6.58.